The Kier molecular flexibility index (Phi) is 6.10. The van der Waals surface area contributed by atoms with Gasteiger partial charge in [-0.3, -0.25) is 19.7 Å². The molecule has 142 valence electrons. The fourth-order valence-corrected chi connectivity index (χ4v) is 2.06. The zero-order valence-electron chi connectivity index (χ0n) is 14.2. The standard InChI is InChI=1S/C16H16N4O7/c1-2-26-11-7-9(3-5-10(11)27-8-12(17)21)4-6-13-18-15(22)14(20(24)25)16(23)19-13/h3-7H,2,8H2,1H3,(H2,17,21)(H2,18,19,22,23)/b6-4+. The van der Waals surface area contributed by atoms with E-state index in [9.17, 15) is 24.8 Å². The average Bonchev–Trinajstić information content (AvgIpc) is 2.58. The zero-order valence-corrected chi connectivity index (χ0v) is 14.2. The lowest BCUT2D eigenvalue weighted by atomic mass is 10.2. The third-order valence-corrected chi connectivity index (χ3v) is 3.15. The molecule has 0 aliphatic heterocycles. The number of ether oxygens (including phenoxy) is 2. The summed E-state index contributed by atoms with van der Waals surface area (Å²) < 4.78 is 10.7. The summed E-state index contributed by atoms with van der Waals surface area (Å²) in [5.41, 5.74) is 3.56. The van der Waals surface area contributed by atoms with Crippen molar-refractivity contribution in [2.75, 3.05) is 13.2 Å². The predicted molar refractivity (Wildman–Crippen MR) is 94.4 cm³/mol. The summed E-state index contributed by atoms with van der Waals surface area (Å²) in [6, 6.07) is 4.81. The van der Waals surface area contributed by atoms with Crippen LogP contribution in [0.3, 0.4) is 0 Å². The molecular formula is C16H16N4O7. The van der Waals surface area contributed by atoms with E-state index in [4.69, 9.17) is 15.2 Å². The minimum atomic E-state index is -1.07. The monoisotopic (exact) mass is 376 g/mol. The summed E-state index contributed by atoms with van der Waals surface area (Å²) in [6.07, 6.45) is 2.88. The van der Waals surface area contributed by atoms with E-state index < -0.39 is 28.0 Å². The Bertz CT molecular complexity index is 952. The molecule has 0 atom stereocenters. The highest BCUT2D eigenvalue weighted by atomic mass is 16.6. The van der Waals surface area contributed by atoms with Crippen LogP contribution in [0.5, 0.6) is 17.4 Å². The van der Waals surface area contributed by atoms with Gasteiger partial charge in [0.1, 0.15) is 5.82 Å². The molecule has 1 amide bonds. The summed E-state index contributed by atoms with van der Waals surface area (Å²) in [5.74, 6) is -0.987. The van der Waals surface area contributed by atoms with Crippen molar-refractivity contribution in [3.8, 4) is 17.4 Å². The van der Waals surface area contributed by atoms with E-state index in [1.165, 1.54) is 12.2 Å². The number of nitrogens with two attached hydrogens (primary N) is 1. The highest BCUT2D eigenvalue weighted by Crippen LogP contribution is 2.29. The van der Waals surface area contributed by atoms with Gasteiger partial charge in [-0.05, 0) is 30.7 Å². The molecule has 0 radical (unpaired) electrons. The van der Waals surface area contributed by atoms with Crippen LogP contribution >= 0.6 is 0 Å². The molecule has 11 heteroatoms. The fraction of sp³-hybridized carbons (Fsp3) is 0.188. The number of carbonyl (C=O) groups excluding carboxylic acids is 1. The Hall–Kier alpha value is -3.89. The summed E-state index contributed by atoms with van der Waals surface area (Å²) in [5, 5.41) is 20.2. The molecule has 0 fully saturated rings. The number of amides is 1. The third kappa shape index (κ3) is 5.04. The smallest absolute Gasteiger partial charge is 0.395 e. The van der Waals surface area contributed by atoms with Gasteiger partial charge < -0.3 is 25.3 Å². The second kappa shape index (κ2) is 8.47. The van der Waals surface area contributed by atoms with Crippen molar-refractivity contribution in [1.29, 1.82) is 0 Å². The molecule has 0 unspecified atom stereocenters. The highest BCUT2D eigenvalue weighted by Gasteiger charge is 2.21. The summed E-state index contributed by atoms with van der Waals surface area (Å²) in [6.45, 7) is 1.82. The Labute approximate surface area is 152 Å². The van der Waals surface area contributed by atoms with E-state index in [0.717, 1.165) is 0 Å². The summed E-state index contributed by atoms with van der Waals surface area (Å²) >= 11 is 0. The van der Waals surface area contributed by atoms with Gasteiger partial charge in [0.2, 0.25) is 0 Å². The molecule has 0 bridgehead atoms. The van der Waals surface area contributed by atoms with E-state index in [1.807, 2.05) is 0 Å². The largest absolute Gasteiger partial charge is 0.490 e. The average molecular weight is 376 g/mol. The Morgan fingerprint density at radius 2 is 2.11 bits per heavy atom. The minimum absolute atomic E-state index is 0.0740. The van der Waals surface area contributed by atoms with Gasteiger partial charge >= 0.3 is 11.2 Å². The molecule has 4 N–H and O–H groups in total. The van der Waals surface area contributed by atoms with E-state index in [2.05, 4.69) is 9.97 Å². The molecule has 0 aliphatic rings. The maximum Gasteiger partial charge on any atom is 0.395 e. The third-order valence-electron chi connectivity index (χ3n) is 3.15. The van der Waals surface area contributed by atoms with Crippen molar-refractivity contribution in [3.05, 3.63) is 50.1 Å². The quantitative estimate of drug-likeness (QED) is 0.449. The summed E-state index contributed by atoms with van der Waals surface area (Å²) in [4.78, 5) is 37.9. The number of H-pyrrole nitrogens is 1. The van der Waals surface area contributed by atoms with Crippen molar-refractivity contribution in [3.63, 3.8) is 0 Å². The molecule has 0 aliphatic carbocycles. The molecule has 0 saturated heterocycles. The molecule has 0 saturated carbocycles. The SMILES string of the molecule is CCOc1cc(/C=C/c2nc(O)c([N+](=O)[O-])c(=O)[nH]2)ccc1OCC(N)=O. The lowest BCUT2D eigenvalue weighted by Crippen LogP contribution is -2.20. The predicted octanol–water partition coefficient (Wildman–Crippen LogP) is 0.817. The van der Waals surface area contributed by atoms with E-state index in [1.54, 1.807) is 25.1 Å². The van der Waals surface area contributed by atoms with Crippen LogP contribution in [0.4, 0.5) is 5.69 Å². The molecule has 27 heavy (non-hydrogen) atoms. The molecule has 0 spiro atoms. The second-order valence-corrected chi connectivity index (χ2v) is 5.11. The normalized spacial score (nSPS) is 10.7. The van der Waals surface area contributed by atoms with Crippen molar-refractivity contribution in [1.82, 2.24) is 9.97 Å². The number of nitro groups is 1. The van der Waals surface area contributed by atoms with Gasteiger partial charge in [-0.2, -0.15) is 4.98 Å². The number of benzene rings is 1. The van der Waals surface area contributed by atoms with Crippen LogP contribution in [0.25, 0.3) is 12.2 Å². The molecule has 2 rings (SSSR count). The minimum Gasteiger partial charge on any atom is -0.490 e. The van der Waals surface area contributed by atoms with Crippen LogP contribution in [0.1, 0.15) is 18.3 Å². The second-order valence-electron chi connectivity index (χ2n) is 5.11. The topological polar surface area (TPSA) is 171 Å². The van der Waals surface area contributed by atoms with E-state index >= 15 is 0 Å². The molecule has 1 aromatic heterocycles. The van der Waals surface area contributed by atoms with Gasteiger partial charge in [0.05, 0.1) is 11.5 Å². The number of aromatic hydroxyl groups is 1. The van der Waals surface area contributed by atoms with Crippen molar-refractivity contribution < 1.29 is 24.3 Å². The fourth-order valence-electron chi connectivity index (χ4n) is 2.06. The lowest BCUT2D eigenvalue weighted by molar-refractivity contribution is -0.387. The Morgan fingerprint density at radius 1 is 1.37 bits per heavy atom. The number of primary amides is 1. The van der Waals surface area contributed by atoms with Gasteiger partial charge in [-0.25, -0.2) is 0 Å². The number of carbonyl (C=O) groups is 1. The maximum atomic E-state index is 11.6. The van der Waals surface area contributed by atoms with E-state index in [0.29, 0.717) is 23.7 Å². The first-order valence-electron chi connectivity index (χ1n) is 7.65. The van der Waals surface area contributed by atoms with Gasteiger partial charge in [0.25, 0.3) is 11.8 Å². The number of rotatable bonds is 8. The first kappa shape index (κ1) is 19.4. The van der Waals surface area contributed by atoms with Crippen LogP contribution in [-0.4, -0.2) is 39.1 Å². The van der Waals surface area contributed by atoms with Crippen LogP contribution in [0.2, 0.25) is 0 Å². The molecule has 1 heterocycles. The lowest BCUT2D eigenvalue weighted by Gasteiger charge is -2.11. The molecule has 1 aromatic carbocycles. The van der Waals surface area contributed by atoms with Crippen molar-refractivity contribution in [2.45, 2.75) is 6.92 Å². The van der Waals surface area contributed by atoms with Gasteiger partial charge in [0, 0.05) is 0 Å². The van der Waals surface area contributed by atoms with Crippen LogP contribution in [0, 0.1) is 10.1 Å². The van der Waals surface area contributed by atoms with Crippen LogP contribution in [-0.2, 0) is 4.79 Å². The van der Waals surface area contributed by atoms with Crippen molar-refractivity contribution in [2.24, 2.45) is 5.73 Å². The number of aromatic amines is 1. The first-order valence-corrected chi connectivity index (χ1v) is 7.65. The molecular weight excluding hydrogens is 360 g/mol. The molecule has 11 nitrogen and oxygen atoms in total. The maximum absolute atomic E-state index is 11.6. The van der Waals surface area contributed by atoms with Crippen LogP contribution < -0.4 is 20.8 Å². The number of nitrogens with zero attached hydrogens (tertiary/aromatic N) is 2. The number of nitrogens with one attached hydrogen (secondary N) is 1. The highest BCUT2D eigenvalue weighted by molar-refractivity contribution is 5.75. The van der Waals surface area contributed by atoms with Gasteiger partial charge in [-0.1, -0.05) is 12.1 Å². The number of hydrogen-bond acceptors (Lipinski definition) is 8. The van der Waals surface area contributed by atoms with Crippen LogP contribution in [0.15, 0.2) is 23.0 Å². The Morgan fingerprint density at radius 3 is 2.70 bits per heavy atom. The van der Waals surface area contributed by atoms with E-state index in [-0.39, 0.29) is 12.4 Å². The van der Waals surface area contributed by atoms with Gasteiger partial charge in [-0.15, -0.1) is 0 Å². The zero-order chi connectivity index (χ0) is 20.0. The summed E-state index contributed by atoms with van der Waals surface area (Å²) in [7, 11) is 0. The number of hydrogen-bond donors (Lipinski definition) is 3. The molecule has 2 aromatic rings. The first-order chi connectivity index (χ1) is 12.8. The number of aromatic nitrogens is 2. The Balaban J connectivity index is 2.28. The van der Waals surface area contributed by atoms with Crippen molar-refractivity contribution >= 4 is 23.7 Å². The van der Waals surface area contributed by atoms with Gasteiger partial charge in [0.15, 0.2) is 18.1 Å².